The van der Waals surface area contributed by atoms with Crippen molar-refractivity contribution in [3.63, 3.8) is 0 Å². The molecule has 0 saturated carbocycles. The molecule has 1 spiro atoms. The number of para-hydroxylation sites is 1. The standard InChI is InChI=1S/C19H21FN2O3S/c1-21-13-19(25-17-7-2-3-8-18(17)26(21,23)24)9-10-22(14-19)12-15-5-4-6-16(20)11-15/h2-8,11H,9-10,12-14H2,1H3/t19-/m0/s1. The quantitative estimate of drug-likeness (QED) is 0.808. The van der Waals surface area contributed by atoms with Crippen molar-refractivity contribution in [3.05, 3.63) is 59.9 Å². The Labute approximate surface area is 153 Å². The van der Waals surface area contributed by atoms with Gasteiger partial charge in [-0.3, -0.25) is 4.90 Å². The number of halogens is 1. The largest absolute Gasteiger partial charge is 0.483 e. The lowest BCUT2D eigenvalue weighted by Gasteiger charge is -2.30. The third-order valence-corrected chi connectivity index (χ3v) is 6.91. The molecule has 2 aromatic rings. The van der Waals surface area contributed by atoms with E-state index >= 15 is 0 Å². The van der Waals surface area contributed by atoms with Crippen molar-refractivity contribution in [3.8, 4) is 5.75 Å². The Morgan fingerprint density at radius 1 is 1.15 bits per heavy atom. The van der Waals surface area contributed by atoms with Crippen LogP contribution in [0.2, 0.25) is 0 Å². The maximum Gasteiger partial charge on any atom is 0.246 e. The molecule has 1 atom stereocenters. The molecular formula is C19H21FN2O3S. The molecule has 0 amide bonds. The summed E-state index contributed by atoms with van der Waals surface area (Å²) in [4.78, 5) is 2.39. The molecule has 7 heteroatoms. The van der Waals surface area contributed by atoms with Crippen LogP contribution >= 0.6 is 0 Å². The molecule has 2 aliphatic heterocycles. The maximum atomic E-state index is 13.4. The number of hydrogen-bond donors (Lipinski definition) is 0. The summed E-state index contributed by atoms with van der Waals surface area (Å²) >= 11 is 0. The van der Waals surface area contributed by atoms with Gasteiger partial charge in [0.05, 0.1) is 6.54 Å². The van der Waals surface area contributed by atoms with Crippen LogP contribution in [0.15, 0.2) is 53.4 Å². The zero-order chi connectivity index (χ0) is 18.4. The summed E-state index contributed by atoms with van der Waals surface area (Å²) in [5.74, 6) is 0.159. The number of benzene rings is 2. The van der Waals surface area contributed by atoms with Crippen molar-refractivity contribution in [1.82, 2.24) is 9.21 Å². The number of likely N-dealkylation sites (tertiary alicyclic amines) is 1. The number of ether oxygens (including phenoxy) is 1. The molecule has 2 heterocycles. The van der Waals surface area contributed by atoms with E-state index in [0.717, 1.165) is 18.5 Å². The molecule has 138 valence electrons. The van der Waals surface area contributed by atoms with E-state index in [1.54, 1.807) is 37.4 Å². The molecular weight excluding hydrogens is 355 g/mol. The molecule has 0 bridgehead atoms. The van der Waals surface area contributed by atoms with Gasteiger partial charge < -0.3 is 4.74 Å². The van der Waals surface area contributed by atoms with Crippen molar-refractivity contribution in [2.75, 3.05) is 26.7 Å². The van der Waals surface area contributed by atoms with Crippen molar-refractivity contribution in [2.45, 2.75) is 23.5 Å². The molecule has 26 heavy (non-hydrogen) atoms. The van der Waals surface area contributed by atoms with E-state index in [4.69, 9.17) is 4.74 Å². The van der Waals surface area contributed by atoms with Gasteiger partial charge in [-0.2, -0.15) is 4.31 Å². The lowest BCUT2D eigenvalue weighted by molar-refractivity contribution is 0.0623. The fraction of sp³-hybridized carbons (Fsp3) is 0.368. The number of nitrogens with zero attached hydrogens (tertiary/aromatic N) is 2. The second-order valence-corrected chi connectivity index (χ2v) is 9.10. The summed E-state index contributed by atoms with van der Waals surface area (Å²) in [5, 5.41) is 0. The number of sulfonamides is 1. The van der Waals surface area contributed by atoms with Crippen LogP contribution in [0.5, 0.6) is 5.75 Å². The minimum Gasteiger partial charge on any atom is -0.483 e. The SMILES string of the molecule is CN1C[C@]2(CCN(Cc3cccc(F)c3)C2)Oc2ccccc2S1(=O)=O. The van der Waals surface area contributed by atoms with Gasteiger partial charge in [0.25, 0.3) is 0 Å². The van der Waals surface area contributed by atoms with Crippen LogP contribution in [-0.2, 0) is 16.6 Å². The molecule has 1 saturated heterocycles. The average molecular weight is 376 g/mol. The van der Waals surface area contributed by atoms with E-state index in [1.165, 1.54) is 16.4 Å². The molecule has 0 aromatic heterocycles. The summed E-state index contributed by atoms with van der Waals surface area (Å²) in [6, 6.07) is 13.3. The smallest absolute Gasteiger partial charge is 0.246 e. The molecule has 5 nitrogen and oxygen atoms in total. The van der Waals surface area contributed by atoms with Gasteiger partial charge in [0, 0.05) is 33.1 Å². The topological polar surface area (TPSA) is 49.9 Å². The van der Waals surface area contributed by atoms with Crippen LogP contribution in [0.1, 0.15) is 12.0 Å². The summed E-state index contributed by atoms with van der Waals surface area (Å²) in [7, 11) is -1.97. The monoisotopic (exact) mass is 376 g/mol. The normalized spacial score (nSPS) is 25.6. The van der Waals surface area contributed by atoms with Crippen LogP contribution in [0.3, 0.4) is 0 Å². The molecule has 2 aromatic carbocycles. The fourth-order valence-corrected chi connectivity index (χ4v) is 5.20. The van der Waals surface area contributed by atoms with Crippen molar-refractivity contribution < 1.29 is 17.5 Å². The van der Waals surface area contributed by atoms with Gasteiger partial charge in [-0.25, -0.2) is 12.8 Å². The fourth-order valence-electron chi connectivity index (χ4n) is 3.84. The highest BCUT2D eigenvalue weighted by Crippen LogP contribution is 2.38. The number of hydrogen-bond acceptors (Lipinski definition) is 4. The lowest BCUT2D eigenvalue weighted by Crippen LogP contribution is -2.47. The zero-order valence-electron chi connectivity index (χ0n) is 14.6. The molecule has 0 radical (unpaired) electrons. The molecule has 2 aliphatic rings. The van der Waals surface area contributed by atoms with Gasteiger partial charge in [0.2, 0.25) is 10.0 Å². The molecule has 0 unspecified atom stereocenters. The van der Waals surface area contributed by atoms with Gasteiger partial charge in [-0.1, -0.05) is 24.3 Å². The van der Waals surface area contributed by atoms with Crippen LogP contribution in [0.25, 0.3) is 0 Å². The van der Waals surface area contributed by atoms with Gasteiger partial charge in [0.1, 0.15) is 22.1 Å². The van der Waals surface area contributed by atoms with Gasteiger partial charge in [-0.15, -0.1) is 0 Å². The number of likely N-dealkylation sites (N-methyl/N-ethyl adjacent to an activating group) is 1. The van der Waals surface area contributed by atoms with E-state index in [0.29, 0.717) is 25.4 Å². The first kappa shape index (κ1) is 17.5. The molecule has 0 aliphatic carbocycles. The Morgan fingerprint density at radius 2 is 1.96 bits per heavy atom. The number of fused-ring (bicyclic) bond motifs is 1. The summed E-state index contributed by atoms with van der Waals surface area (Å²) < 4.78 is 46.6. The minimum atomic E-state index is -3.56. The van der Waals surface area contributed by atoms with Crippen molar-refractivity contribution >= 4 is 10.0 Å². The Kier molecular flexibility index (Phi) is 4.25. The van der Waals surface area contributed by atoms with E-state index in [1.807, 2.05) is 6.07 Å². The molecule has 1 fully saturated rings. The first-order valence-corrected chi connectivity index (χ1v) is 10.0. The van der Waals surface area contributed by atoms with Crippen LogP contribution in [0, 0.1) is 5.82 Å². The highest BCUT2D eigenvalue weighted by atomic mass is 32.2. The summed E-state index contributed by atoms with van der Waals surface area (Å²) in [5.41, 5.74) is 0.305. The Morgan fingerprint density at radius 3 is 2.77 bits per heavy atom. The third-order valence-electron chi connectivity index (χ3n) is 5.07. The second-order valence-electron chi connectivity index (χ2n) is 7.08. The highest BCUT2D eigenvalue weighted by Gasteiger charge is 2.46. The first-order valence-electron chi connectivity index (χ1n) is 8.59. The third kappa shape index (κ3) is 3.11. The predicted octanol–water partition coefficient (Wildman–Crippen LogP) is 2.48. The van der Waals surface area contributed by atoms with Gasteiger partial charge >= 0.3 is 0 Å². The Bertz CT molecular complexity index is 934. The Hall–Kier alpha value is -1.96. The molecule has 0 N–H and O–H groups in total. The Balaban J connectivity index is 1.60. The van der Waals surface area contributed by atoms with E-state index in [9.17, 15) is 12.8 Å². The van der Waals surface area contributed by atoms with Crippen molar-refractivity contribution in [2.24, 2.45) is 0 Å². The summed E-state index contributed by atoms with van der Waals surface area (Å²) in [6.07, 6.45) is 0.719. The molecule has 4 rings (SSSR count). The average Bonchev–Trinajstić information content (AvgIpc) is 2.93. The number of rotatable bonds is 2. The maximum absolute atomic E-state index is 13.4. The minimum absolute atomic E-state index is 0.211. The van der Waals surface area contributed by atoms with E-state index < -0.39 is 15.6 Å². The predicted molar refractivity (Wildman–Crippen MR) is 95.9 cm³/mol. The van der Waals surface area contributed by atoms with Crippen LogP contribution in [-0.4, -0.2) is 49.9 Å². The van der Waals surface area contributed by atoms with E-state index in [2.05, 4.69) is 4.90 Å². The van der Waals surface area contributed by atoms with E-state index in [-0.39, 0.29) is 10.7 Å². The summed E-state index contributed by atoms with van der Waals surface area (Å²) in [6.45, 7) is 2.27. The second kappa shape index (κ2) is 6.33. The zero-order valence-corrected chi connectivity index (χ0v) is 15.4. The van der Waals surface area contributed by atoms with Crippen LogP contribution < -0.4 is 4.74 Å². The van der Waals surface area contributed by atoms with Gasteiger partial charge in [0.15, 0.2) is 0 Å². The van der Waals surface area contributed by atoms with Crippen molar-refractivity contribution in [1.29, 1.82) is 0 Å². The van der Waals surface area contributed by atoms with Crippen LogP contribution in [0.4, 0.5) is 4.39 Å². The van der Waals surface area contributed by atoms with Gasteiger partial charge in [-0.05, 0) is 29.8 Å². The first-order chi connectivity index (χ1) is 12.4. The highest BCUT2D eigenvalue weighted by molar-refractivity contribution is 7.89. The lowest BCUT2D eigenvalue weighted by atomic mass is 10.0.